The second-order valence-electron chi connectivity index (χ2n) is 11.1. The summed E-state index contributed by atoms with van der Waals surface area (Å²) in [7, 11) is 2.38. The van der Waals surface area contributed by atoms with E-state index in [4.69, 9.17) is 0 Å². The molecule has 4 nitrogen and oxygen atoms in total. The summed E-state index contributed by atoms with van der Waals surface area (Å²) >= 11 is 0. The maximum atomic E-state index is 13.0. The number of carbonyl (C=O) groups is 1. The summed E-state index contributed by atoms with van der Waals surface area (Å²) in [5.41, 5.74) is -0.0685. The molecule has 1 radical (unpaired) electrons. The molecule has 2 fully saturated rings. The van der Waals surface area contributed by atoms with Crippen LogP contribution in [0.5, 0.6) is 0 Å². The molecule has 0 bridgehead atoms. The number of amides is 1. The SMILES string of the molecule is CC(C)[B]N1CCN(CC2CCN(C(=O)C(C)(C)CC(C)(C)C)CC2)CC1. The molecule has 2 aliphatic heterocycles. The molecule has 0 aromatic rings. The lowest BCUT2D eigenvalue weighted by Crippen LogP contribution is -2.51. The molecular formula is C22H43BN3O. The Bertz CT molecular complexity index is 470. The molecular weight excluding hydrogens is 333 g/mol. The third kappa shape index (κ3) is 7.42. The molecule has 2 saturated heterocycles. The number of nitrogens with zero attached hydrogens (tertiary/aromatic N) is 3. The molecule has 0 unspecified atom stereocenters. The molecule has 0 aromatic carbocycles. The van der Waals surface area contributed by atoms with Gasteiger partial charge in [0.2, 0.25) is 13.3 Å². The van der Waals surface area contributed by atoms with Crippen LogP contribution in [0.15, 0.2) is 0 Å². The van der Waals surface area contributed by atoms with Gasteiger partial charge in [-0.1, -0.05) is 54.3 Å². The first-order valence-electron chi connectivity index (χ1n) is 11.1. The Kier molecular flexibility index (Phi) is 7.83. The fraction of sp³-hybridized carbons (Fsp3) is 0.955. The van der Waals surface area contributed by atoms with Crippen molar-refractivity contribution in [2.75, 3.05) is 45.8 Å². The van der Waals surface area contributed by atoms with Crippen LogP contribution in [0.25, 0.3) is 0 Å². The van der Waals surface area contributed by atoms with E-state index in [9.17, 15) is 4.79 Å². The molecule has 5 heteroatoms. The lowest BCUT2D eigenvalue weighted by Gasteiger charge is -2.41. The number of hydrogen-bond donors (Lipinski definition) is 0. The molecule has 2 aliphatic rings. The first-order valence-corrected chi connectivity index (χ1v) is 11.1. The highest BCUT2D eigenvalue weighted by atomic mass is 16.2. The fourth-order valence-corrected chi connectivity index (χ4v) is 5.03. The molecule has 2 heterocycles. The van der Waals surface area contributed by atoms with Crippen LogP contribution in [0.2, 0.25) is 5.82 Å². The minimum atomic E-state index is -0.256. The minimum absolute atomic E-state index is 0.187. The van der Waals surface area contributed by atoms with E-state index in [2.05, 4.69) is 70.5 Å². The summed E-state index contributed by atoms with van der Waals surface area (Å²) in [5, 5.41) is 0. The average Bonchev–Trinajstić information content (AvgIpc) is 2.54. The lowest BCUT2D eigenvalue weighted by molar-refractivity contribution is -0.143. The molecule has 0 aromatic heterocycles. The molecule has 0 spiro atoms. The van der Waals surface area contributed by atoms with Gasteiger partial charge in [-0.25, -0.2) is 0 Å². The zero-order valence-electron chi connectivity index (χ0n) is 19.1. The predicted octanol–water partition coefficient (Wildman–Crippen LogP) is 3.75. The average molecular weight is 376 g/mol. The topological polar surface area (TPSA) is 26.8 Å². The Labute approximate surface area is 169 Å². The summed E-state index contributed by atoms with van der Waals surface area (Å²) in [6.07, 6.45) is 3.27. The van der Waals surface area contributed by atoms with E-state index in [0.29, 0.717) is 11.7 Å². The van der Waals surface area contributed by atoms with Crippen molar-refractivity contribution in [3.05, 3.63) is 0 Å². The number of hydrogen-bond acceptors (Lipinski definition) is 3. The second-order valence-corrected chi connectivity index (χ2v) is 11.1. The van der Waals surface area contributed by atoms with Gasteiger partial charge in [0.25, 0.3) is 0 Å². The third-order valence-corrected chi connectivity index (χ3v) is 5.89. The maximum Gasteiger partial charge on any atom is 0.228 e. The Balaban J connectivity index is 1.73. The first kappa shape index (κ1) is 22.7. The van der Waals surface area contributed by atoms with Crippen molar-refractivity contribution in [3.8, 4) is 0 Å². The zero-order valence-corrected chi connectivity index (χ0v) is 19.1. The van der Waals surface area contributed by atoms with E-state index in [1.165, 1.54) is 19.6 Å². The van der Waals surface area contributed by atoms with Crippen LogP contribution in [-0.2, 0) is 4.79 Å². The lowest BCUT2D eigenvalue weighted by atomic mass is 9.75. The molecule has 155 valence electrons. The minimum Gasteiger partial charge on any atom is -0.344 e. The van der Waals surface area contributed by atoms with Gasteiger partial charge in [-0.05, 0) is 43.7 Å². The van der Waals surface area contributed by atoms with Gasteiger partial charge in [-0.15, -0.1) is 0 Å². The van der Waals surface area contributed by atoms with Crippen molar-refractivity contribution in [3.63, 3.8) is 0 Å². The number of piperidine rings is 1. The van der Waals surface area contributed by atoms with Gasteiger partial charge < -0.3 is 14.6 Å². The van der Waals surface area contributed by atoms with E-state index in [-0.39, 0.29) is 10.8 Å². The van der Waals surface area contributed by atoms with Gasteiger partial charge in [0.05, 0.1) is 0 Å². The molecule has 0 aliphatic carbocycles. The molecule has 0 N–H and O–H groups in total. The normalized spacial score (nSPS) is 21.7. The van der Waals surface area contributed by atoms with Gasteiger partial charge in [0.15, 0.2) is 0 Å². The largest absolute Gasteiger partial charge is 0.344 e. The third-order valence-electron chi connectivity index (χ3n) is 5.89. The van der Waals surface area contributed by atoms with Crippen LogP contribution < -0.4 is 0 Å². The first-order chi connectivity index (χ1) is 12.5. The summed E-state index contributed by atoms with van der Waals surface area (Å²) in [6.45, 7) is 23.2. The Hall–Kier alpha value is -0.545. The van der Waals surface area contributed by atoms with Crippen molar-refractivity contribution < 1.29 is 4.79 Å². The van der Waals surface area contributed by atoms with Crippen molar-refractivity contribution in [2.24, 2.45) is 16.7 Å². The van der Waals surface area contributed by atoms with Crippen molar-refractivity contribution in [2.45, 2.75) is 73.5 Å². The molecule has 1 amide bonds. The fourth-order valence-electron chi connectivity index (χ4n) is 5.03. The van der Waals surface area contributed by atoms with Crippen LogP contribution in [0.1, 0.15) is 67.7 Å². The monoisotopic (exact) mass is 376 g/mol. The summed E-state index contributed by atoms with van der Waals surface area (Å²) in [4.78, 5) is 20.3. The van der Waals surface area contributed by atoms with Gasteiger partial charge in [0.1, 0.15) is 0 Å². The van der Waals surface area contributed by atoms with E-state index in [1.807, 2.05) is 0 Å². The van der Waals surface area contributed by atoms with Gasteiger partial charge in [-0.2, -0.15) is 0 Å². The Morgan fingerprint density at radius 1 is 0.963 bits per heavy atom. The van der Waals surface area contributed by atoms with Crippen molar-refractivity contribution >= 4 is 13.3 Å². The van der Waals surface area contributed by atoms with E-state index in [1.54, 1.807) is 0 Å². The van der Waals surface area contributed by atoms with Crippen LogP contribution in [0.4, 0.5) is 0 Å². The van der Waals surface area contributed by atoms with Crippen molar-refractivity contribution in [1.82, 2.24) is 14.6 Å². The number of likely N-dealkylation sites (tertiary alicyclic amines) is 1. The molecule has 2 rings (SSSR count). The van der Waals surface area contributed by atoms with Gasteiger partial charge in [0, 0.05) is 38.1 Å². The highest BCUT2D eigenvalue weighted by molar-refractivity contribution is 6.33. The van der Waals surface area contributed by atoms with Crippen LogP contribution in [0.3, 0.4) is 0 Å². The van der Waals surface area contributed by atoms with Gasteiger partial charge in [-0.3, -0.25) is 4.79 Å². The maximum absolute atomic E-state index is 13.0. The van der Waals surface area contributed by atoms with E-state index >= 15 is 0 Å². The summed E-state index contributed by atoms with van der Waals surface area (Å²) in [6, 6.07) is 0. The second kappa shape index (κ2) is 9.30. The summed E-state index contributed by atoms with van der Waals surface area (Å²) in [5.74, 6) is 1.75. The predicted molar refractivity (Wildman–Crippen MR) is 116 cm³/mol. The molecule has 27 heavy (non-hydrogen) atoms. The summed E-state index contributed by atoms with van der Waals surface area (Å²) < 4.78 is 0. The molecule has 0 saturated carbocycles. The standard InChI is InChI=1S/C22H43BN3O/c1-18(2)23-26-14-12-24(13-15-26)16-19-8-10-25(11-9-19)20(27)22(6,7)17-21(3,4)5/h18-19H,8-17H2,1-7H3. The van der Waals surface area contributed by atoms with Crippen LogP contribution in [0, 0.1) is 16.7 Å². The highest BCUT2D eigenvalue weighted by Crippen LogP contribution is 2.35. The molecule has 0 atom stereocenters. The van der Waals surface area contributed by atoms with Crippen LogP contribution >= 0.6 is 0 Å². The Morgan fingerprint density at radius 3 is 2.00 bits per heavy atom. The number of rotatable bonds is 6. The van der Waals surface area contributed by atoms with Crippen molar-refractivity contribution in [1.29, 1.82) is 0 Å². The zero-order chi connectivity index (χ0) is 20.2. The van der Waals surface area contributed by atoms with E-state index < -0.39 is 0 Å². The van der Waals surface area contributed by atoms with Crippen LogP contribution in [-0.4, -0.2) is 73.7 Å². The number of carbonyl (C=O) groups excluding carboxylic acids is 1. The highest BCUT2D eigenvalue weighted by Gasteiger charge is 2.37. The number of piperazine rings is 1. The van der Waals surface area contributed by atoms with E-state index in [0.717, 1.165) is 51.4 Å². The van der Waals surface area contributed by atoms with Gasteiger partial charge >= 0.3 is 0 Å². The Morgan fingerprint density at radius 2 is 1.52 bits per heavy atom. The smallest absolute Gasteiger partial charge is 0.228 e. The quantitative estimate of drug-likeness (QED) is 0.661.